The molecule has 0 radical (unpaired) electrons. The zero-order valence-corrected chi connectivity index (χ0v) is 11.6. The van der Waals surface area contributed by atoms with Gasteiger partial charge in [-0.15, -0.1) is 0 Å². The summed E-state index contributed by atoms with van der Waals surface area (Å²) in [7, 11) is -3.40. The minimum atomic E-state index is -3.40. The van der Waals surface area contributed by atoms with Crippen LogP contribution in [0.1, 0.15) is 26.0 Å². The molecule has 7 heteroatoms. The number of halogens is 1. The van der Waals surface area contributed by atoms with Crippen molar-refractivity contribution < 1.29 is 8.42 Å². The van der Waals surface area contributed by atoms with Crippen molar-refractivity contribution >= 4 is 27.6 Å². The summed E-state index contributed by atoms with van der Waals surface area (Å²) in [6.07, 6.45) is 0.592. The van der Waals surface area contributed by atoms with Crippen LogP contribution in [0.5, 0.6) is 0 Å². The predicted molar refractivity (Wildman–Crippen MR) is 68.6 cm³/mol. The number of rotatable bonds is 5. The van der Waals surface area contributed by atoms with Gasteiger partial charge in [0.25, 0.3) is 0 Å². The van der Waals surface area contributed by atoms with Gasteiger partial charge in [-0.1, -0.05) is 25.4 Å². The van der Waals surface area contributed by atoms with Gasteiger partial charge in [0.15, 0.2) is 0 Å². The van der Waals surface area contributed by atoms with E-state index in [9.17, 15) is 8.42 Å². The summed E-state index contributed by atoms with van der Waals surface area (Å²) in [5, 5.41) is 0.221. The molecule has 1 aromatic heterocycles. The zero-order valence-electron chi connectivity index (χ0n) is 10.1. The fourth-order valence-corrected chi connectivity index (χ4v) is 2.65. The topological polar surface area (TPSA) is 72.0 Å². The van der Waals surface area contributed by atoms with E-state index in [2.05, 4.69) is 14.7 Å². The fraction of sp³-hybridized carbons (Fsp3) is 0.600. The Morgan fingerprint density at radius 3 is 2.59 bits per heavy atom. The molecule has 0 fully saturated rings. The molecular weight excluding hydrogens is 262 g/mol. The van der Waals surface area contributed by atoms with Gasteiger partial charge in [0, 0.05) is 5.69 Å². The van der Waals surface area contributed by atoms with Gasteiger partial charge < -0.3 is 0 Å². The molecule has 0 saturated heterocycles. The van der Waals surface area contributed by atoms with E-state index in [-0.39, 0.29) is 16.9 Å². The number of sulfonamides is 1. The van der Waals surface area contributed by atoms with Gasteiger partial charge in [-0.3, -0.25) is 4.72 Å². The summed E-state index contributed by atoms with van der Waals surface area (Å²) in [5.41, 5.74) is 0.617. The summed E-state index contributed by atoms with van der Waals surface area (Å²) in [5.74, 6) is 0.409. The zero-order chi connectivity index (χ0) is 13.1. The van der Waals surface area contributed by atoms with E-state index < -0.39 is 10.0 Å². The van der Waals surface area contributed by atoms with Crippen molar-refractivity contribution in [2.75, 3.05) is 10.5 Å². The van der Waals surface area contributed by atoms with E-state index in [1.165, 1.54) is 0 Å². The van der Waals surface area contributed by atoms with Crippen molar-refractivity contribution in [2.24, 2.45) is 5.92 Å². The lowest BCUT2D eigenvalue weighted by Crippen LogP contribution is -2.19. The first-order valence-electron chi connectivity index (χ1n) is 5.30. The fourth-order valence-electron chi connectivity index (χ4n) is 1.16. The van der Waals surface area contributed by atoms with E-state index in [1.807, 2.05) is 13.8 Å². The second-order valence-corrected chi connectivity index (χ2v) is 6.49. The molecule has 0 spiro atoms. The number of hydrogen-bond acceptors (Lipinski definition) is 4. The average Bonchev–Trinajstić information content (AvgIpc) is 2.12. The van der Waals surface area contributed by atoms with Crippen molar-refractivity contribution in [3.8, 4) is 0 Å². The van der Waals surface area contributed by atoms with Gasteiger partial charge >= 0.3 is 0 Å². The second-order valence-electron chi connectivity index (χ2n) is 4.26. The maximum Gasteiger partial charge on any atom is 0.238 e. The molecular formula is C10H16ClN3O2S. The van der Waals surface area contributed by atoms with E-state index in [0.717, 1.165) is 0 Å². The molecule has 0 atom stereocenters. The lowest BCUT2D eigenvalue weighted by Gasteiger charge is -2.08. The number of nitrogens with one attached hydrogen (secondary N) is 1. The largest absolute Gasteiger partial charge is 0.251 e. The Labute approximate surface area is 107 Å². The summed E-state index contributed by atoms with van der Waals surface area (Å²) in [4.78, 5) is 7.77. The van der Waals surface area contributed by atoms with Crippen LogP contribution in [-0.4, -0.2) is 24.1 Å². The Kier molecular flexibility index (Phi) is 4.70. The quantitative estimate of drug-likeness (QED) is 0.838. The van der Waals surface area contributed by atoms with Crippen molar-refractivity contribution in [1.82, 2.24) is 9.97 Å². The Hall–Kier alpha value is -0.880. The third-order valence-corrected chi connectivity index (χ3v) is 3.49. The minimum Gasteiger partial charge on any atom is -0.251 e. The maximum absolute atomic E-state index is 11.7. The Balaban J connectivity index is 2.76. The van der Waals surface area contributed by atoms with E-state index in [4.69, 9.17) is 11.6 Å². The standard InChI is InChI=1S/C10H16ClN3O2S/c1-7(2)4-5-17(15,16)14-10-12-8(3)6-9(11)13-10/h6-7H,4-5H2,1-3H3,(H,12,13,14). The number of aromatic nitrogens is 2. The first kappa shape index (κ1) is 14.2. The molecule has 0 aromatic carbocycles. The highest BCUT2D eigenvalue weighted by molar-refractivity contribution is 7.92. The van der Waals surface area contributed by atoms with E-state index >= 15 is 0 Å². The van der Waals surface area contributed by atoms with Gasteiger partial charge in [0.2, 0.25) is 16.0 Å². The molecule has 0 aliphatic carbocycles. The van der Waals surface area contributed by atoms with Crippen molar-refractivity contribution in [3.05, 3.63) is 16.9 Å². The Morgan fingerprint density at radius 2 is 2.06 bits per heavy atom. The van der Waals surface area contributed by atoms with Crippen LogP contribution < -0.4 is 4.72 Å². The van der Waals surface area contributed by atoms with Gasteiger partial charge in [-0.25, -0.2) is 18.4 Å². The molecule has 1 aromatic rings. The molecule has 0 saturated carbocycles. The molecule has 0 aliphatic rings. The molecule has 1 N–H and O–H groups in total. The Morgan fingerprint density at radius 1 is 1.41 bits per heavy atom. The van der Waals surface area contributed by atoms with Crippen LogP contribution in [0.3, 0.4) is 0 Å². The molecule has 1 heterocycles. The van der Waals surface area contributed by atoms with Gasteiger partial charge in [0.05, 0.1) is 5.75 Å². The van der Waals surface area contributed by atoms with Crippen LogP contribution in [0.4, 0.5) is 5.95 Å². The van der Waals surface area contributed by atoms with Gasteiger partial charge in [-0.05, 0) is 25.3 Å². The first-order chi connectivity index (χ1) is 7.78. The van der Waals surface area contributed by atoms with Crippen LogP contribution in [0.2, 0.25) is 5.15 Å². The lowest BCUT2D eigenvalue weighted by molar-refractivity contribution is 0.577. The average molecular weight is 278 g/mol. The van der Waals surface area contributed by atoms with Crippen LogP contribution in [0.15, 0.2) is 6.07 Å². The molecule has 0 amide bonds. The predicted octanol–water partition coefficient (Wildman–Crippen LogP) is 2.23. The molecule has 5 nitrogen and oxygen atoms in total. The molecule has 17 heavy (non-hydrogen) atoms. The highest BCUT2D eigenvalue weighted by atomic mass is 35.5. The summed E-state index contributed by atoms with van der Waals surface area (Å²) in [6.45, 7) is 5.66. The van der Waals surface area contributed by atoms with Gasteiger partial charge in [-0.2, -0.15) is 0 Å². The third kappa shape index (κ3) is 5.32. The number of nitrogens with zero attached hydrogens (tertiary/aromatic N) is 2. The van der Waals surface area contributed by atoms with Crippen molar-refractivity contribution in [2.45, 2.75) is 27.2 Å². The van der Waals surface area contributed by atoms with Crippen LogP contribution in [0.25, 0.3) is 0 Å². The summed E-state index contributed by atoms with van der Waals surface area (Å²) < 4.78 is 25.7. The third-order valence-electron chi connectivity index (χ3n) is 2.03. The SMILES string of the molecule is Cc1cc(Cl)nc(NS(=O)(=O)CCC(C)C)n1. The van der Waals surface area contributed by atoms with Crippen LogP contribution in [-0.2, 0) is 10.0 Å². The number of hydrogen-bond donors (Lipinski definition) is 1. The smallest absolute Gasteiger partial charge is 0.238 e. The summed E-state index contributed by atoms with van der Waals surface area (Å²) >= 11 is 5.72. The van der Waals surface area contributed by atoms with Gasteiger partial charge in [0.1, 0.15) is 5.15 Å². The van der Waals surface area contributed by atoms with Crippen LogP contribution in [0, 0.1) is 12.8 Å². The van der Waals surface area contributed by atoms with E-state index in [1.54, 1.807) is 13.0 Å². The second kappa shape index (κ2) is 5.64. The molecule has 0 bridgehead atoms. The van der Waals surface area contributed by atoms with Crippen LogP contribution >= 0.6 is 11.6 Å². The Bertz CT molecular complexity index is 468. The molecule has 96 valence electrons. The monoisotopic (exact) mass is 277 g/mol. The highest BCUT2D eigenvalue weighted by Gasteiger charge is 2.13. The molecule has 1 rings (SSSR count). The first-order valence-corrected chi connectivity index (χ1v) is 7.33. The maximum atomic E-state index is 11.7. The van der Waals surface area contributed by atoms with Crippen molar-refractivity contribution in [3.63, 3.8) is 0 Å². The summed E-state index contributed by atoms with van der Waals surface area (Å²) in [6, 6.07) is 1.56. The normalized spacial score (nSPS) is 11.8. The number of anilines is 1. The molecule has 0 unspecified atom stereocenters. The number of aryl methyl sites for hydroxylation is 1. The van der Waals surface area contributed by atoms with Crippen molar-refractivity contribution in [1.29, 1.82) is 0 Å². The minimum absolute atomic E-state index is 0.0266. The molecule has 0 aliphatic heterocycles. The highest BCUT2D eigenvalue weighted by Crippen LogP contribution is 2.12. The lowest BCUT2D eigenvalue weighted by atomic mass is 10.2. The van der Waals surface area contributed by atoms with E-state index in [0.29, 0.717) is 18.0 Å².